The van der Waals surface area contributed by atoms with Crippen LogP contribution in [0.3, 0.4) is 0 Å². The van der Waals surface area contributed by atoms with E-state index in [1.54, 1.807) is 24.5 Å². The Morgan fingerprint density at radius 3 is 2.81 bits per heavy atom. The van der Waals surface area contributed by atoms with Gasteiger partial charge in [-0.25, -0.2) is 0 Å². The minimum atomic E-state index is -0.107. The quantitative estimate of drug-likeness (QED) is 0.835. The SMILES string of the molecule is CNC(=O)c1ccc(N(Cc2cccs2)C2CC2)c(N)c1. The lowest BCUT2D eigenvalue weighted by Gasteiger charge is -2.26. The van der Waals surface area contributed by atoms with Crippen LogP contribution in [0.5, 0.6) is 0 Å². The second-order valence-corrected chi connectivity index (χ2v) is 6.32. The normalized spacial score (nSPS) is 14.0. The van der Waals surface area contributed by atoms with Crippen molar-refractivity contribution in [1.82, 2.24) is 5.32 Å². The van der Waals surface area contributed by atoms with E-state index in [1.807, 2.05) is 12.1 Å². The number of nitrogens with zero attached hydrogens (tertiary/aromatic N) is 1. The lowest BCUT2D eigenvalue weighted by atomic mass is 10.1. The van der Waals surface area contributed by atoms with Crippen molar-refractivity contribution >= 4 is 28.6 Å². The maximum Gasteiger partial charge on any atom is 0.251 e. The number of nitrogen functional groups attached to an aromatic ring is 1. The number of carbonyl (C=O) groups is 1. The van der Waals surface area contributed by atoms with Crippen molar-refractivity contribution in [2.75, 3.05) is 17.7 Å². The van der Waals surface area contributed by atoms with Crippen molar-refractivity contribution in [1.29, 1.82) is 0 Å². The predicted octanol–water partition coefficient (Wildman–Crippen LogP) is 2.86. The highest BCUT2D eigenvalue weighted by molar-refractivity contribution is 7.09. The van der Waals surface area contributed by atoms with Crippen molar-refractivity contribution in [3.8, 4) is 0 Å². The van der Waals surface area contributed by atoms with E-state index < -0.39 is 0 Å². The van der Waals surface area contributed by atoms with Crippen LogP contribution in [0.4, 0.5) is 11.4 Å². The molecule has 110 valence electrons. The van der Waals surface area contributed by atoms with Crippen molar-refractivity contribution in [2.45, 2.75) is 25.4 Å². The molecule has 3 rings (SSSR count). The van der Waals surface area contributed by atoms with Crippen LogP contribution >= 0.6 is 11.3 Å². The number of anilines is 2. The maximum atomic E-state index is 11.7. The van der Waals surface area contributed by atoms with Gasteiger partial charge >= 0.3 is 0 Å². The molecule has 0 bridgehead atoms. The summed E-state index contributed by atoms with van der Waals surface area (Å²) in [6, 6.07) is 10.4. The summed E-state index contributed by atoms with van der Waals surface area (Å²) in [5.41, 5.74) is 8.49. The second-order valence-electron chi connectivity index (χ2n) is 5.29. The van der Waals surface area contributed by atoms with Gasteiger partial charge in [-0.3, -0.25) is 4.79 Å². The summed E-state index contributed by atoms with van der Waals surface area (Å²) >= 11 is 1.76. The number of rotatable bonds is 5. The number of hydrogen-bond donors (Lipinski definition) is 2. The first kappa shape index (κ1) is 13.9. The molecule has 0 unspecified atom stereocenters. The molecule has 21 heavy (non-hydrogen) atoms. The van der Waals surface area contributed by atoms with E-state index in [1.165, 1.54) is 17.7 Å². The fourth-order valence-corrected chi connectivity index (χ4v) is 3.17. The predicted molar refractivity (Wildman–Crippen MR) is 87.8 cm³/mol. The van der Waals surface area contributed by atoms with Gasteiger partial charge in [0.25, 0.3) is 5.91 Å². The number of benzene rings is 1. The highest BCUT2D eigenvalue weighted by atomic mass is 32.1. The van der Waals surface area contributed by atoms with E-state index in [2.05, 4.69) is 27.7 Å². The first-order chi connectivity index (χ1) is 10.2. The van der Waals surface area contributed by atoms with Crippen LogP contribution in [0.25, 0.3) is 0 Å². The molecule has 0 aliphatic heterocycles. The molecule has 0 radical (unpaired) electrons. The first-order valence-corrected chi connectivity index (χ1v) is 7.97. The zero-order chi connectivity index (χ0) is 14.8. The van der Waals surface area contributed by atoms with Gasteiger partial charge in [0.05, 0.1) is 17.9 Å². The molecule has 1 saturated carbocycles. The maximum absolute atomic E-state index is 11.7. The molecule has 0 saturated heterocycles. The summed E-state index contributed by atoms with van der Waals surface area (Å²) in [4.78, 5) is 15.4. The number of amides is 1. The molecule has 2 aromatic rings. The summed E-state index contributed by atoms with van der Waals surface area (Å²) in [6.45, 7) is 0.881. The molecule has 3 N–H and O–H groups in total. The van der Waals surface area contributed by atoms with Crippen LogP contribution in [0, 0.1) is 0 Å². The van der Waals surface area contributed by atoms with Crippen LogP contribution in [0.1, 0.15) is 28.1 Å². The van der Waals surface area contributed by atoms with E-state index >= 15 is 0 Å². The number of nitrogens with two attached hydrogens (primary N) is 1. The largest absolute Gasteiger partial charge is 0.397 e. The lowest BCUT2D eigenvalue weighted by molar-refractivity contribution is 0.0963. The molecule has 1 aliphatic rings. The number of thiophene rings is 1. The van der Waals surface area contributed by atoms with Gasteiger partial charge in [0.15, 0.2) is 0 Å². The Balaban J connectivity index is 1.87. The van der Waals surface area contributed by atoms with Gasteiger partial charge in [-0.05, 0) is 42.5 Å². The van der Waals surface area contributed by atoms with Crippen molar-refractivity contribution in [2.24, 2.45) is 0 Å². The highest BCUT2D eigenvalue weighted by Crippen LogP contribution is 2.36. The Labute approximate surface area is 128 Å². The van der Waals surface area contributed by atoms with Crippen molar-refractivity contribution in [3.63, 3.8) is 0 Å². The molecule has 1 fully saturated rings. The highest BCUT2D eigenvalue weighted by Gasteiger charge is 2.30. The second kappa shape index (κ2) is 5.77. The Morgan fingerprint density at radius 2 is 2.24 bits per heavy atom. The number of hydrogen-bond acceptors (Lipinski definition) is 4. The van der Waals surface area contributed by atoms with E-state index in [9.17, 15) is 4.79 Å². The van der Waals surface area contributed by atoms with E-state index in [0.717, 1.165) is 12.2 Å². The third-order valence-corrected chi connectivity index (χ3v) is 4.58. The molecule has 4 nitrogen and oxygen atoms in total. The average molecular weight is 301 g/mol. The van der Waals surface area contributed by atoms with Crippen LogP contribution in [0.2, 0.25) is 0 Å². The van der Waals surface area contributed by atoms with E-state index in [0.29, 0.717) is 17.3 Å². The Morgan fingerprint density at radius 1 is 1.43 bits per heavy atom. The minimum absolute atomic E-state index is 0.107. The zero-order valence-electron chi connectivity index (χ0n) is 12.0. The summed E-state index contributed by atoms with van der Waals surface area (Å²) in [5, 5.41) is 4.72. The van der Waals surface area contributed by atoms with Crippen LogP contribution in [-0.4, -0.2) is 19.0 Å². The van der Waals surface area contributed by atoms with Crippen LogP contribution in [-0.2, 0) is 6.54 Å². The van der Waals surface area contributed by atoms with Crippen molar-refractivity contribution in [3.05, 3.63) is 46.2 Å². The molecule has 1 amide bonds. The number of nitrogens with one attached hydrogen (secondary N) is 1. The van der Waals surface area contributed by atoms with Gasteiger partial charge in [0.2, 0.25) is 0 Å². The molecule has 1 aromatic carbocycles. The third kappa shape index (κ3) is 3.03. The average Bonchev–Trinajstić information content (AvgIpc) is 3.21. The standard InChI is InChI=1S/C16H19N3OS/c1-18-16(20)11-4-7-15(14(17)9-11)19(12-5-6-12)10-13-3-2-8-21-13/h2-4,7-9,12H,5-6,10,17H2,1H3,(H,18,20). The van der Waals surface area contributed by atoms with E-state index in [4.69, 9.17) is 5.73 Å². The molecule has 1 heterocycles. The molecule has 0 spiro atoms. The molecular weight excluding hydrogens is 282 g/mol. The van der Waals surface area contributed by atoms with Gasteiger partial charge in [-0.15, -0.1) is 11.3 Å². The van der Waals surface area contributed by atoms with Gasteiger partial charge in [0, 0.05) is 23.5 Å². The zero-order valence-corrected chi connectivity index (χ0v) is 12.8. The molecule has 5 heteroatoms. The lowest BCUT2D eigenvalue weighted by Crippen LogP contribution is -2.26. The minimum Gasteiger partial charge on any atom is -0.397 e. The van der Waals surface area contributed by atoms with Crippen LogP contribution < -0.4 is 16.0 Å². The smallest absolute Gasteiger partial charge is 0.251 e. The Hall–Kier alpha value is -2.01. The van der Waals surface area contributed by atoms with E-state index in [-0.39, 0.29) is 5.91 Å². The number of carbonyl (C=O) groups excluding carboxylic acids is 1. The third-order valence-electron chi connectivity index (χ3n) is 3.72. The molecule has 1 aliphatic carbocycles. The van der Waals surface area contributed by atoms with Gasteiger partial charge < -0.3 is 16.0 Å². The topological polar surface area (TPSA) is 58.4 Å². The Bertz CT molecular complexity index is 635. The summed E-state index contributed by atoms with van der Waals surface area (Å²) < 4.78 is 0. The Kier molecular flexibility index (Phi) is 3.84. The summed E-state index contributed by atoms with van der Waals surface area (Å²) in [5.74, 6) is -0.107. The summed E-state index contributed by atoms with van der Waals surface area (Å²) in [6.07, 6.45) is 2.42. The monoisotopic (exact) mass is 301 g/mol. The van der Waals surface area contributed by atoms with Gasteiger partial charge in [-0.2, -0.15) is 0 Å². The first-order valence-electron chi connectivity index (χ1n) is 7.09. The molecule has 0 atom stereocenters. The fourth-order valence-electron chi connectivity index (χ4n) is 2.47. The fraction of sp³-hybridized carbons (Fsp3) is 0.312. The van der Waals surface area contributed by atoms with Crippen LogP contribution in [0.15, 0.2) is 35.7 Å². The molecular formula is C16H19N3OS. The van der Waals surface area contributed by atoms with Gasteiger partial charge in [-0.1, -0.05) is 6.07 Å². The van der Waals surface area contributed by atoms with Gasteiger partial charge in [0.1, 0.15) is 0 Å². The summed E-state index contributed by atoms with van der Waals surface area (Å²) in [7, 11) is 1.62. The molecule has 1 aromatic heterocycles. The van der Waals surface area contributed by atoms with Crippen molar-refractivity contribution < 1.29 is 4.79 Å².